The number of para-hydroxylation sites is 1. The topological polar surface area (TPSA) is 51.6 Å². The molecule has 6 nitrogen and oxygen atoms in total. The Morgan fingerprint density at radius 1 is 1.23 bits per heavy atom. The van der Waals surface area contributed by atoms with Crippen LogP contribution in [-0.4, -0.2) is 60.7 Å². The second kappa shape index (κ2) is 7.61. The lowest BCUT2D eigenvalue weighted by Gasteiger charge is -2.39. The van der Waals surface area contributed by atoms with Gasteiger partial charge >= 0.3 is 0 Å². The molecule has 4 rings (SSSR count). The average molecular weight is 354 g/mol. The van der Waals surface area contributed by atoms with Crippen LogP contribution in [0.2, 0.25) is 0 Å². The molecule has 1 saturated heterocycles. The highest BCUT2D eigenvalue weighted by molar-refractivity contribution is 5.62. The van der Waals surface area contributed by atoms with Crippen LogP contribution in [0.25, 0.3) is 6.08 Å². The third kappa shape index (κ3) is 3.53. The molecule has 0 saturated carbocycles. The summed E-state index contributed by atoms with van der Waals surface area (Å²) in [7, 11) is 4.14. The summed E-state index contributed by atoms with van der Waals surface area (Å²) >= 11 is 0. The number of aromatic nitrogens is 2. The van der Waals surface area contributed by atoms with Gasteiger partial charge in [0.15, 0.2) is 0 Å². The highest BCUT2D eigenvalue weighted by atomic mass is 16.5. The van der Waals surface area contributed by atoms with Gasteiger partial charge in [0, 0.05) is 38.4 Å². The first kappa shape index (κ1) is 17.3. The predicted molar refractivity (Wildman–Crippen MR) is 101 cm³/mol. The Balaban J connectivity index is 1.39. The van der Waals surface area contributed by atoms with E-state index in [1.807, 2.05) is 36.1 Å². The number of nitrogens with zero attached hydrogens (tertiary/aromatic N) is 3. The zero-order valence-corrected chi connectivity index (χ0v) is 15.4. The molecule has 0 radical (unpaired) electrons. The molecule has 26 heavy (non-hydrogen) atoms. The number of fused-ring (bicyclic) bond motifs is 1. The van der Waals surface area contributed by atoms with E-state index in [-0.39, 0.29) is 12.1 Å². The summed E-state index contributed by atoms with van der Waals surface area (Å²) in [6.45, 7) is 3.92. The van der Waals surface area contributed by atoms with Gasteiger partial charge in [-0.25, -0.2) is 0 Å². The molecular weight excluding hydrogens is 328 g/mol. The summed E-state index contributed by atoms with van der Waals surface area (Å²) in [5.41, 5.74) is 3.59. The number of nitrogens with one attached hydrogen (secondary N) is 1. The van der Waals surface area contributed by atoms with E-state index in [0.717, 1.165) is 37.6 Å². The normalized spacial score (nSPS) is 23.2. The van der Waals surface area contributed by atoms with Crippen LogP contribution in [0.3, 0.4) is 0 Å². The summed E-state index contributed by atoms with van der Waals surface area (Å²) in [5.74, 6) is 0.963. The van der Waals surface area contributed by atoms with E-state index in [9.17, 15) is 0 Å². The van der Waals surface area contributed by atoms with Crippen LogP contribution >= 0.6 is 0 Å². The molecular formula is C20H26N4O2. The van der Waals surface area contributed by atoms with Crippen LogP contribution < -0.4 is 10.1 Å². The van der Waals surface area contributed by atoms with Gasteiger partial charge in [-0.15, -0.1) is 0 Å². The first-order valence-corrected chi connectivity index (χ1v) is 9.14. The van der Waals surface area contributed by atoms with Crippen molar-refractivity contribution >= 4 is 6.08 Å². The highest BCUT2D eigenvalue weighted by Crippen LogP contribution is 2.28. The molecule has 0 bridgehead atoms. The molecule has 0 aliphatic carbocycles. The van der Waals surface area contributed by atoms with Crippen LogP contribution in [0.1, 0.15) is 17.3 Å². The van der Waals surface area contributed by atoms with Crippen molar-refractivity contribution in [2.45, 2.75) is 12.1 Å². The fourth-order valence-corrected chi connectivity index (χ4v) is 3.76. The lowest BCUT2D eigenvalue weighted by molar-refractivity contribution is -0.0634. The van der Waals surface area contributed by atoms with E-state index < -0.39 is 0 Å². The Hall–Kier alpha value is -2.15. The smallest absolute Gasteiger partial charge is 0.127 e. The zero-order valence-electron chi connectivity index (χ0n) is 15.4. The van der Waals surface area contributed by atoms with Gasteiger partial charge in [-0.05, 0) is 30.8 Å². The molecule has 2 aliphatic rings. The summed E-state index contributed by atoms with van der Waals surface area (Å²) in [6, 6.07) is 10.4. The summed E-state index contributed by atoms with van der Waals surface area (Å²) in [5, 5.41) is 7.88. The SMILES string of the molecule is CN1CCO[C@@H](CNCC2=Cc3ccccc3OC2)[C@@H]1c1ccnn1C. The minimum absolute atomic E-state index is 0.0987. The molecule has 1 N–H and O–H groups in total. The van der Waals surface area contributed by atoms with E-state index in [1.165, 1.54) is 11.3 Å². The van der Waals surface area contributed by atoms with Crippen molar-refractivity contribution in [3.63, 3.8) is 0 Å². The van der Waals surface area contributed by atoms with Gasteiger partial charge in [0.1, 0.15) is 12.4 Å². The minimum Gasteiger partial charge on any atom is -0.489 e. The fraction of sp³-hybridized carbons (Fsp3) is 0.450. The second-order valence-corrected chi connectivity index (χ2v) is 6.97. The molecule has 2 aliphatic heterocycles. The van der Waals surface area contributed by atoms with Crippen molar-refractivity contribution in [1.29, 1.82) is 0 Å². The van der Waals surface area contributed by atoms with Gasteiger partial charge in [0.2, 0.25) is 0 Å². The minimum atomic E-state index is 0.0987. The van der Waals surface area contributed by atoms with Crippen molar-refractivity contribution in [2.24, 2.45) is 7.05 Å². The van der Waals surface area contributed by atoms with Gasteiger partial charge in [-0.3, -0.25) is 9.58 Å². The summed E-state index contributed by atoms with van der Waals surface area (Å²) in [6.07, 6.45) is 4.17. The quantitative estimate of drug-likeness (QED) is 0.888. The number of likely N-dealkylation sites (N-methyl/N-ethyl adjacent to an activating group) is 1. The number of rotatable bonds is 5. The number of aryl methyl sites for hydroxylation is 1. The largest absolute Gasteiger partial charge is 0.489 e. The summed E-state index contributed by atoms with van der Waals surface area (Å²) < 4.78 is 13.9. The van der Waals surface area contributed by atoms with Crippen molar-refractivity contribution < 1.29 is 9.47 Å². The molecule has 1 aromatic heterocycles. The van der Waals surface area contributed by atoms with Crippen LogP contribution in [0.4, 0.5) is 0 Å². The third-order valence-corrected chi connectivity index (χ3v) is 5.15. The Morgan fingerprint density at radius 2 is 2.12 bits per heavy atom. The maximum Gasteiger partial charge on any atom is 0.127 e. The molecule has 2 aromatic rings. The van der Waals surface area contributed by atoms with E-state index in [1.54, 1.807) is 0 Å². The van der Waals surface area contributed by atoms with Crippen molar-refractivity contribution in [2.75, 3.05) is 39.9 Å². The lowest BCUT2D eigenvalue weighted by Crippen LogP contribution is -2.48. The molecule has 0 spiro atoms. The molecule has 1 aromatic carbocycles. The first-order chi connectivity index (χ1) is 12.7. The average Bonchev–Trinajstić information content (AvgIpc) is 3.07. The molecule has 3 heterocycles. The van der Waals surface area contributed by atoms with Crippen LogP contribution in [0, 0.1) is 0 Å². The van der Waals surface area contributed by atoms with Crippen molar-refractivity contribution in [3.8, 4) is 5.75 Å². The van der Waals surface area contributed by atoms with Crippen LogP contribution in [0.5, 0.6) is 5.75 Å². The monoisotopic (exact) mass is 354 g/mol. The van der Waals surface area contributed by atoms with Gasteiger partial charge in [-0.1, -0.05) is 18.2 Å². The lowest BCUT2D eigenvalue weighted by atomic mass is 10.0. The van der Waals surface area contributed by atoms with Crippen LogP contribution in [-0.2, 0) is 11.8 Å². The molecule has 0 unspecified atom stereocenters. The number of morpholine rings is 1. The number of benzene rings is 1. The first-order valence-electron chi connectivity index (χ1n) is 9.14. The zero-order chi connectivity index (χ0) is 17.9. The fourth-order valence-electron chi connectivity index (χ4n) is 3.76. The van der Waals surface area contributed by atoms with E-state index >= 15 is 0 Å². The Kier molecular flexibility index (Phi) is 5.06. The Bertz CT molecular complexity index is 786. The van der Waals surface area contributed by atoms with Crippen molar-refractivity contribution in [3.05, 3.63) is 53.4 Å². The third-order valence-electron chi connectivity index (χ3n) is 5.15. The number of hydrogen-bond donors (Lipinski definition) is 1. The number of ether oxygens (including phenoxy) is 2. The second-order valence-electron chi connectivity index (χ2n) is 6.97. The van der Waals surface area contributed by atoms with Gasteiger partial charge in [0.05, 0.1) is 24.4 Å². The summed E-state index contributed by atoms with van der Waals surface area (Å²) in [4.78, 5) is 2.35. The Labute approximate surface area is 154 Å². The van der Waals surface area contributed by atoms with E-state index in [0.29, 0.717) is 6.61 Å². The van der Waals surface area contributed by atoms with Crippen molar-refractivity contribution in [1.82, 2.24) is 20.0 Å². The molecule has 1 fully saturated rings. The van der Waals surface area contributed by atoms with Gasteiger partial charge in [-0.2, -0.15) is 5.10 Å². The van der Waals surface area contributed by atoms with E-state index in [4.69, 9.17) is 9.47 Å². The highest BCUT2D eigenvalue weighted by Gasteiger charge is 2.33. The van der Waals surface area contributed by atoms with E-state index in [2.05, 4.69) is 40.6 Å². The molecule has 6 heteroatoms. The maximum atomic E-state index is 6.09. The predicted octanol–water partition coefficient (Wildman–Crippen LogP) is 1.86. The molecule has 0 amide bonds. The number of hydrogen-bond acceptors (Lipinski definition) is 5. The molecule has 138 valence electrons. The Morgan fingerprint density at radius 3 is 2.96 bits per heavy atom. The van der Waals surface area contributed by atoms with Crippen LogP contribution in [0.15, 0.2) is 42.1 Å². The van der Waals surface area contributed by atoms with Gasteiger partial charge < -0.3 is 14.8 Å². The van der Waals surface area contributed by atoms with Gasteiger partial charge in [0.25, 0.3) is 0 Å². The maximum absolute atomic E-state index is 6.09. The standard InChI is InChI=1S/C20H26N4O2/c1-23-9-10-25-19(20(23)17-7-8-22-24(17)2)13-21-12-15-11-16-5-3-4-6-18(16)26-14-15/h3-8,11,19-21H,9-10,12-14H2,1-2H3/t19-,20-/m0/s1. The molecule has 2 atom stereocenters.